The van der Waals surface area contributed by atoms with E-state index in [1.165, 1.54) is 23.5 Å². The molecule has 0 radical (unpaired) electrons. The van der Waals surface area contributed by atoms with E-state index in [1.807, 2.05) is 24.3 Å². The molecule has 0 bridgehead atoms. The number of non-ortho nitro benzene ring substituents is 1. The lowest BCUT2D eigenvalue weighted by atomic mass is 10.2. The molecule has 0 aliphatic heterocycles. The highest BCUT2D eigenvalue weighted by Gasteiger charge is 2.07. The van der Waals surface area contributed by atoms with Crippen LogP contribution in [0.5, 0.6) is 0 Å². The second-order valence-electron chi connectivity index (χ2n) is 5.20. The maximum Gasteiger partial charge on any atom is 0.269 e. The van der Waals surface area contributed by atoms with E-state index in [1.54, 1.807) is 12.1 Å². The zero-order valence-electron chi connectivity index (χ0n) is 13.3. The van der Waals surface area contributed by atoms with Crippen LogP contribution in [0.15, 0.2) is 77.7 Å². The van der Waals surface area contributed by atoms with Gasteiger partial charge in [0, 0.05) is 24.1 Å². The molecule has 0 saturated carbocycles. The number of nitrogens with zero attached hydrogens (tertiary/aromatic N) is 3. The van der Waals surface area contributed by atoms with Gasteiger partial charge in [0.15, 0.2) is 0 Å². The van der Waals surface area contributed by atoms with Gasteiger partial charge in [-0.25, -0.2) is 0 Å². The Labute approximate surface area is 148 Å². The van der Waals surface area contributed by atoms with Gasteiger partial charge in [0.25, 0.3) is 5.69 Å². The molecular weight excluding hydrogens is 336 g/mol. The summed E-state index contributed by atoms with van der Waals surface area (Å²) in [4.78, 5) is 11.1. The third-order valence-electron chi connectivity index (χ3n) is 3.54. The molecule has 0 spiro atoms. The molecule has 0 aliphatic rings. The predicted octanol–water partition coefficient (Wildman–Crippen LogP) is 4.24. The van der Waals surface area contributed by atoms with Crippen molar-refractivity contribution in [3.63, 3.8) is 0 Å². The van der Waals surface area contributed by atoms with Crippen molar-refractivity contribution in [2.45, 2.75) is 6.54 Å². The fourth-order valence-electron chi connectivity index (χ4n) is 2.33. The molecule has 0 aliphatic carbocycles. The first-order chi connectivity index (χ1) is 12.2. The van der Waals surface area contributed by atoms with Crippen LogP contribution in [0.4, 0.5) is 11.4 Å². The van der Waals surface area contributed by atoms with Gasteiger partial charge in [0.05, 0.1) is 16.3 Å². The van der Waals surface area contributed by atoms with Crippen molar-refractivity contribution < 1.29 is 4.92 Å². The maximum atomic E-state index is 10.7. The standard InChI is InChI=1S/C18H16N4O2S/c1-2-12-21-17(14-6-4-3-5-7-14)13-25-18(21)20-19-15-8-10-16(11-9-15)22(23)24/h2-11,13,19H,1,12H2. The molecule has 3 rings (SSSR count). The summed E-state index contributed by atoms with van der Waals surface area (Å²) in [6.45, 7) is 4.45. The molecule has 1 heterocycles. The second kappa shape index (κ2) is 7.59. The summed E-state index contributed by atoms with van der Waals surface area (Å²) in [7, 11) is 0. The zero-order valence-corrected chi connectivity index (χ0v) is 14.1. The second-order valence-corrected chi connectivity index (χ2v) is 6.03. The summed E-state index contributed by atoms with van der Waals surface area (Å²) in [5.41, 5.74) is 5.86. The Balaban J connectivity index is 1.91. The summed E-state index contributed by atoms with van der Waals surface area (Å²) in [6, 6.07) is 16.2. The van der Waals surface area contributed by atoms with E-state index in [9.17, 15) is 10.1 Å². The lowest BCUT2D eigenvalue weighted by Gasteiger charge is -2.06. The van der Waals surface area contributed by atoms with E-state index in [2.05, 4.69) is 39.2 Å². The number of aromatic nitrogens is 1. The number of hydrogen-bond acceptors (Lipinski definition) is 5. The van der Waals surface area contributed by atoms with Gasteiger partial charge in [-0.05, 0) is 17.7 Å². The molecule has 6 nitrogen and oxygen atoms in total. The van der Waals surface area contributed by atoms with Gasteiger partial charge in [0.1, 0.15) is 0 Å². The van der Waals surface area contributed by atoms with Gasteiger partial charge < -0.3 is 4.57 Å². The third-order valence-corrected chi connectivity index (χ3v) is 4.40. The highest BCUT2D eigenvalue weighted by atomic mass is 32.1. The molecule has 0 amide bonds. The summed E-state index contributed by atoms with van der Waals surface area (Å²) >= 11 is 1.52. The van der Waals surface area contributed by atoms with Crippen LogP contribution in [-0.4, -0.2) is 9.49 Å². The number of rotatable bonds is 6. The van der Waals surface area contributed by atoms with Crippen molar-refractivity contribution in [2.24, 2.45) is 5.10 Å². The van der Waals surface area contributed by atoms with Crippen molar-refractivity contribution in [3.8, 4) is 11.3 Å². The van der Waals surface area contributed by atoms with Gasteiger partial charge in [-0.1, -0.05) is 36.4 Å². The molecule has 3 aromatic rings. The molecule has 0 fully saturated rings. The number of allylic oxidation sites excluding steroid dienone is 1. The van der Waals surface area contributed by atoms with Crippen LogP contribution in [0.1, 0.15) is 0 Å². The smallest absolute Gasteiger partial charge is 0.269 e. The molecule has 7 heteroatoms. The third kappa shape index (κ3) is 3.84. The van der Waals surface area contributed by atoms with Crippen molar-refractivity contribution >= 4 is 22.7 Å². The topological polar surface area (TPSA) is 72.5 Å². The van der Waals surface area contributed by atoms with Gasteiger partial charge in [0.2, 0.25) is 4.80 Å². The monoisotopic (exact) mass is 352 g/mol. The molecule has 25 heavy (non-hydrogen) atoms. The predicted molar refractivity (Wildman–Crippen MR) is 100 cm³/mol. The molecule has 0 atom stereocenters. The Hall–Kier alpha value is -3.19. The van der Waals surface area contributed by atoms with Gasteiger partial charge in [-0.2, -0.15) is 0 Å². The summed E-state index contributed by atoms with van der Waals surface area (Å²) < 4.78 is 2.06. The average Bonchev–Trinajstić information content (AvgIpc) is 3.04. The molecular formula is C18H16N4O2S. The molecule has 126 valence electrons. The Morgan fingerprint density at radius 1 is 1.20 bits per heavy atom. The maximum absolute atomic E-state index is 10.7. The van der Waals surface area contributed by atoms with Crippen LogP contribution in [0.3, 0.4) is 0 Å². The Morgan fingerprint density at radius 3 is 2.56 bits per heavy atom. The molecule has 2 aromatic carbocycles. The van der Waals surface area contributed by atoms with E-state index in [4.69, 9.17) is 0 Å². The normalized spacial score (nSPS) is 11.3. The van der Waals surface area contributed by atoms with E-state index >= 15 is 0 Å². The number of nitro groups is 1. The van der Waals surface area contributed by atoms with E-state index in [0.29, 0.717) is 12.2 Å². The number of thiazole rings is 1. The minimum absolute atomic E-state index is 0.0507. The van der Waals surface area contributed by atoms with Crippen molar-refractivity contribution in [3.05, 3.63) is 87.5 Å². The fourth-order valence-corrected chi connectivity index (χ4v) is 3.21. The van der Waals surface area contributed by atoms with Crippen LogP contribution in [0, 0.1) is 10.1 Å². The van der Waals surface area contributed by atoms with Crippen molar-refractivity contribution in [2.75, 3.05) is 5.43 Å². The summed E-state index contributed by atoms with van der Waals surface area (Å²) in [6.07, 6.45) is 1.82. The first-order valence-corrected chi connectivity index (χ1v) is 8.46. The minimum Gasteiger partial charge on any atom is -0.311 e. The molecule has 1 aromatic heterocycles. The van der Waals surface area contributed by atoms with Crippen molar-refractivity contribution in [1.29, 1.82) is 0 Å². The molecule has 0 saturated heterocycles. The molecule has 0 unspecified atom stereocenters. The first-order valence-electron chi connectivity index (χ1n) is 7.58. The summed E-state index contributed by atoms with van der Waals surface area (Å²) in [5.74, 6) is 0. The van der Waals surface area contributed by atoms with Crippen LogP contribution >= 0.6 is 11.3 Å². The summed E-state index contributed by atoms with van der Waals surface area (Å²) in [5, 5.41) is 17.2. The fraction of sp³-hybridized carbons (Fsp3) is 0.0556. The SMILES string of the molecule is C=CCn1c(-c2ccccc2)csc1=NNc1ccc([N+](=O)[O-])cc1. The Kier molecular flexibility index (Phi) is 5.06. The van der Waals surface area contributed by atoms with E-state index in [-0.39, 0.29) is 5.69 Å². The van der Waals surface area contributed by atoms with Gasteiger partial charge in [-0.15, -0.1) is 23.0 Å². The van der Waals surface area contributed by atoms with Crippen molar-refractivity contribution in [1.82, 2.24) is 4.57 Å². The first kappa shape index (κ1) is 16.7. The quantitative estimate of drug-likeness (QED) is 0.410. The van der Waals surface area contributed by atoms with E-state index in [0.717, 1.165) is 16.1 Å². The van der Waals surface area contributed by atoms with Crippen LogP contribution in [0.2, 0.25) is 0 Å². The highest BCUT2D eigenvalue weighted by molar-refractivity contribution is 7.07. The number of nitrogens with one attached hydrogen (secondary N) is 1. The average molecular weight is 352 g/mol. The van der Waals surface area contributed by atoms with Crippen LogP contribution < -0.4 is 10.2 Å². The minimum atomic E-state index is -0.426. The molecule has 1 N–H and O–H groups in total. The highest BCUT2D eigenvalue weighted by Crippen LogP contribution is 2.20. The zero-order chi connectivity index (χ0) is 17.6. The number of benzene rings is 2. The lowest BCUT2D eigenvalue weighted by Crippen LogP contribution is -2.17. The van der Waals surface area contributed by atoms with Gasteiger partial charge in [-0.3, -0.25) is 15.5 Å². The van der Waals surface area contributed by atoms with Crippen LogP contribution in [-0.2, 0) is 6.54 Å². The van der Waals surface area contributed by atoms with Gasteiger partial charge >= 0.3 is 0 Å². The number of hydrogen-bond donors (Lipinski definition) is 1. The largest absolute Gasteiger partial charge is 0.311 e. The Bertz CT molecular complexity index is 943. The van der Waals surface area contributed by atoms with Crippen LogP contribution in [0.25, 0.3) is 11.3 Å². The lowest BCUT2D eigenvalue weighted by molar-refractivity contribution is -0.384. The van der Waals surface area contributed by atoms with E-state index < -0.39 is 4.92 Å². The number of nitro benzene ring substituents is 1. The number of anilines is 1. The Morgan fingerprint density at radius 2 is 1.92 bits per heavy atom.